The Bertz CT molecular complexity index is 716. The molecule has 108 valence electrons. The fourth-order valence-electron chi connectivity index (χ4n) is 1.67. The normalized spacial score (nSPS) is 11.0. The van der Waals surface area contributed by atoms with Crippen LogP contribution < -0.4 is 5.32 Å². The smallest absolute Gasteiger partial charge is 0.355 e. The Morgan fingerprint density at radius 1 is 0.905 bits per heavy atom. The molecule has 21 heavy (non-hydrogen) atoms. The van der Waals surface area contributed by atoms with E-state index in [2.05, 4.69) is 5.32 Å². The van der Waals surface area contributed by atoms with Crippen LogP contribution in [0, 0.1) is 23.0 Å². The standard InChI is InChI=1S/C14H7F5N2/c15-12-4-3-9(5-11(12)14(17,18)19)21-10-2-1-8(7-20)13(16)6-10/h1-6,21H. The van der Waals surface area contributed by atoms with Crippen molar-refractivity contribution in [3.05, 3.63) is 59.2 Å². The van der Waals surface area contributed by atoms with Crippen LogP contribution in [-0.4, -0.2) is 0 Å². The van der Waals surface area contributed by atoms with E-state index in [4.69, 9.17) is 5.26 Å². The molecule has 0 aliphatic carbocycles. The van der Waals surface area contributed by atoms with Gasteiger partial charge in [0.2, 0.25) is 0 Å². The molecule has 0 aliphatic heterocycles. The zero-order valence-electron chi connectivity index (χ0n) is 10.3. The van der Waals surface area contributed by atoms with Gasteiger partial charge < -0.3 is 5.32 Å². The fourth-order valence-corrected chi connectivity index (χ4v) is 1.67. The van der Waals surface area contributed by atoms with Crippen molar-refractivity contribution >= 4 is 11.4 Å². The molecule has 0 aromatic heterocycles. The number of anilines is 2. The Labute approximate surface area is 116 Å². The van der Waals surface area contributed by atoms with Crippen LogP contribution in [0.15, 0.2) is 36.4 Å². The van der Waals surface area contributed by atoms with Gasteiger partial charge in [-0.25, -0.2) is 8.78 Å². The van der Waals surface area contributed by atoms with E-state index in [0.29, 0.717) is 12.1 Å². The number of nitrogens with zero attached hydrogens (tertiary/aromatic N) is 1. The molecule has 0 unspecified atom stereocenters. The second-order valence-corrected chi connectivity index (χ2v) is 4.12. The number of alkyl halides is 3. The quantitative estimate of drug-likeness (QED) is 0.822. The minimum Gasteiger partial charge on any atom is -0.355 e. The van der Waals surface area contributed by atoms with Crippen LogP contribution in [0.1, 0.15) is 11.1 Å². The van der Waals surface area contributed by atoms with Crippen molar-refractivity contribution in [2.24, 2.45) is 0 Å². The largest absolute Gasteiger partial charge is 0.419 e. The summed E-state index contributed by atoms with van der Waals surface area (Å²) < 4.78 is 64.2. The topological polar surface area (TPSA) is 35.8 Å². The summed E-state index contributed by atoms with van der Waals surface area (Å²) in [6.45, 7) is 0. The molecule has 2 aromatic carbocycles. The Morgan fingerprint density at radius 3 is 2.10 bits per heavy atom. The molecule has 0 radical (unpaired) electrons. The minimum absolute atomic E-state index is 0.0483. The summed E-state index contributed by atoms with van der Waals surface area (Å²) in [4.78, 5) is 0. The molecule has 2 rings (SSSR count). The highest BCUT2D eigenvalue weighted by atomic mass is 19.4. The van der Waals surface area contributed by atoms with Gasteiger partial charge in [-0.1, -0.05) is 0 Å². The van der Waals surface area contributed by atoms with Gasteiger partial charge in [-0.15, -0.1) is 0 Å². The number of nitrogens with one attached hydrogen (secondary N) is 1. The first kappa shape index (κ1) is 14.8. The van der Waals surface area contributed by atoms with E-state index in [0.717, 1.165) is 12.1 Å². The Hall–Kier alpha value is -2.62. The summed E-state index contributed by atoms with van der Waals surface area (Å²) in [5.74, 6) is -2.19. The maximum absolute atomic E-state index is 13.4. The van der Waals surface area contributed by atoms with Crippen molar-refractivity contribution in [2.45, 2.75) is 6.18 Å². The molecular formula is C14H7F5N2. The van der Waals surface area contributed by atoms with Gasteiger partial charge in [0.1, 0.15) is 17.7 Å². The fraction of sp³-hybridized carbons (Fsp3) is 0.0714. The summed E-state index contributed by atoms with van der Waals surface area (Å²) in [7, 11) is 0. The van der Waals surface area contributed by atoms with Crippen LogP contribution >= 0.6 is 0 Å². The van der Waals surface area contributed by atoms with Crippen molar-refractivity contribution in [1.82, 2.24) is 0 Å². The minimum atomic E-state index is -4.82. The summed E-state index contributed by atoms with van der Waals surface area (Å²) in [5.41, 5.74) is -1.50. The SMILES string of the molecule is N#Cc1ccc(Nc2ccc(F)c(C(F)(F)F)c2)cc1F. The third kappa shape index (κ3) is 3.28. The number of benzene rings is 2. The number of halogens is 5. The molecule has 0 amide bonds. The highest BCUT2D eigenvalue weighted by molar-refractivity contribution is 5.61. The third-order valence-electron chi connectivity index (χ3n) is 2.65. The van der Waals surface area contributed by atoms with Gasteiger partial charge in [0, 0.05) is 11.4 Å². The summed E-state index contributed by atoms with van der Waals surface area (Å²) in [5, 5.41) is 11.1. The Kier molecular flexibility index (Phi) is 3.80. The van der Waals surface area contributed by atoms with E-state index in [1.807, 2.05) is 0 Å². The van der Waals surface area contributed by atoms with Crippen LogP contribution in [0.4, 0.5) is 33.3 Å². The molecule has 0 saturated heterocycles. The van der Waals surface area contributed by atoms with E-state index >= 15 is 0 Å². The molecule has 0 saturated carbocycles. The van der Waals surface area contributed by atoms with Crippen molar-refractivity contribution in [2.75, 3.05) is 5.32 Å². The van der Waals surface area contributed by atoms with Crippen molar-refractivity contribution in [3.63, 3.8) is 0 Å². The van der Waals surface area contributed by atoms with E-state index in [-0.39, 0.29) is 16.9 Å². The lowest BCUT2D eigenvalue weighted by atomic mass is 10.1. The van der Waals surface area contributed by atoms with E-state index in [1.54, 1.807) is 6.07 Å². The molecule has 0 fully saturated rings. The Balaban J connectivity index is 2.33. The summed E-state index contributed by atoms with van der Waals surface area (Å²) >= 11 is 0. The number of rotatable bonds is 2. The highest BCUT2D eigenvalue weighted by Crippen LogP contribution is 2.33. The lowest BCUT2D eigenvalue weighted by Gasteiger charge is -2.12. The van der Waals surface area contributed by atoms with Crippen molar-refractivity contribution in [1.29, 1.82) is 5.26 Å². The van der Waals surface area contributed by atoms with Gasteiger partial charge in [0.15, 0.2) is 0 Å². The number of hydrogen-bond acceptors (Lipinski definition) is 2. The van der Waals surface area contributed by atoms with Crippen LogP contribution in [0.2, 0.25) is 0 Å². The predicted octanol–water partition coefficient (Wildman–Crippen LogP) is 4.60. The highest BCUT2D eigenvalue weighted by Gasteiger charge is 2.34. The lowest BCUT2D eigenvalue weighted by Crippen LogP contribution is -2.08. The maximum Gasteiger partial charge on any atom is 0.419 e. The summed E-state index contributed by atoms with van der Waals surface area (Å²) in [6, 6.07) is 7.47. The average Bonchev–Trinajstić information content (AvgIpc) is 2.40. The third-order valence-corrected chi connectivity index (χ3v) is 2.65. The molecule has 2 aromatic rings. The van der Waals surface area contributed by atoms with Crippen LogP contribution in [-0.2, 0) is 6.18 Å². The van der Waals surface area contributed by atoms with Gasteiger partial charge in [-0.3, -0.25) is 0 Å². The van der Waals surface area contributed by atoms with Gasteiger partial charge >= 0.3 is 6.18 Å². The molecule has 7 heteroatoms. The first-order valence-electron chi connectivity index (χ1n) is 5.64. The molecular weight excluding hydrogens is 291 g/mol. The summed E-state index contributed by atoms with van der Waals surface area (Å²) in [6.07, 6.45) is -4.82. The number of hydrogen-bond donors (Lipinski definition) is 1. The number of nitriles is 1. The molecule has 1 N–H and O–H groups in total. The van der Waals surface area contributed by atoms with Crippen molar-refractivity contribution < 1.29 is 22.0 Å². The first-order chi connectivity index (χ1) is 9.81. The van der Waals surface area contributed by atoms with Crippen LogP contribution in [0.25, 0.3) is 0 Å². The van der Waals surface area contributed by atoms with E-state index in [9.17, 15) is 22.0 Å². The predicted molar refractivity (Wildman–Crippen MR) is 65.8 cm³/mol. The molecule has 2 nitrogen and oxygen atoms in total. The zero-order valence-corrected chi connectivity index (χ0v) is 10.3. The van der Waals surface area contributed by atoms with Gasteiger partial charge in [0.25, 0.3) is 0 Å². The van der Waals surface area contributed by atoms with Gasteiger partial charge in [-0.2, -0.15) is 18.4 Å². The van der Waals surface area contributed by atoms with E-state index in [1.165, 1.54) is 12.1 Å². The van der Waals surface area contributed by atoms with Crippen LogP contribution in [0.3, 0.4) is 0 Å². The second kappa shape index (κ2) is 5.40. The zero-order chi connectivity index (χ0) is 15.6. The molecule has 0 atom stereocenters. The second-order valence-electron chi connectivity index (χ2n) is 4.12. The molecule has 0 aliphatic rings. The first-order valence-corrected chi connectivity index (χ1v) is 5.64. The monoisotopic (exact) mass is 298 g/mol. The van der Waals surface area contributed by atoms with Gasteiger partial charge in [-0.05, 0) is 36.4 Å². The average molecular weight is 298 g/mol. The maximum atomic E-state index is 13.4. The van der Waals surface area contributed by atoms with Crippen molar-refractivity contribution in [3.8, 4) is 6.07 Å². The van der Waals surface area contributed by atoms with Crippen LogP contribution in [0.5, 0.6) is 0 Å². The lowest BCUT2D eigenvalue weighted by molar-refractivity contribution is -0.139. The molecule has 0 spiro atoms. The molecule has 0 heterocycles. The van der Waals surface area contributed by atoms with E-state index < -0.39 is 23.4 Å². The molecule has 0 bridgehead atoms. The Morgan fingerprint density at radius 2 is 1.52 bits per heavy atom. The van der Waals surface area contributed by atoms with Gasteiger partial charge in [0.05, 0.1) is 11.1 Å².